The van der Waals surface area contributed by atoms with Crippen LogP contribution < -0.4 is 0 Å². The van der Waals surface area contributed by atoms with Gasteiger partial charge in [0.1, 0.15) is 0 Å². The third-order valence-corrected chi connectivity index (χ3v) is 3.28. The van der Waals surface area contributed by atoms with Crippen molar-refractivity contribution >= 4 is 0 Å². The predicted octanol–water partition coefficient (Wildman–Crippen LogP) is 2.82. The van der Waals surface area contributed by atoms with Gasteiger partial charge in [-0.3, -0.25) is 0 Å². The van der Waals surface area contributed by atoms with Crippen LogP contribution >= 0.6 is 0 Å². The minimum absolute atomic E-state index is 0.281. The van der Waals surface area contributed by atoms with Crippen molar-refractivity contribution in [2.24, 2.45) is 0 Å². The molecule has 3 heteroatoms. The van der Waals surface area contributed by atoms with Gasteiger partial charge in [-0.25, -0.2) is 0 Å². The Balaban J connectivity index is 2.21. The molecule has 0 aromatic carbocycles. The van der Waals surface area contributed by atoms with Gasteiger partial charge in [0.05, 0.1) is 0 Å². The second kappa shape index (κ2) is 3.70. The average Bonchev–Trinajstić information content (AvgIpc) is 3.10. The summed E-state index contributed by atoms with van der Waals surface area (Å²) in [6.07, 6.45) is 12.5. The Morgan fingerprint density at radius 3 is 1.00 bits per heavy atom. The van der Waals surface area contributed by atoms with Gasteiger partial charge >= 0.3 is 0 Å². The van der Waals surface area contributed by atoms with E-state index in [9.17, 15) is 0 Å². The average molecular weight is 225 g/mol. The molecule has 3 aromatic heterocycles. The van der Waals surface area contributed by atoms with Crippen LogP contribution in [0.4, 0.5) is 0 Å². The number of aromatic nitrogens is 3. The zero-order chi connectivity index (χ0) is 11.7. The van der Waals surface area contributed by atoms with Crippen molar-refractivity contribution in [2.45, 2.75) is 12.7 Å². The van der Waals surface area contributed by atoms with Crippen LogP contribution in [-0.4, -0.2) is 13.7 Å². The molecule has 0 aliphatic heterocycles. The highest BCUT2D eigenvalue weighted by atomic mass is 15.4. The lowest BCUT2D eigenvalue weighted by Gasteiger charge is -2.35. The zero-order valence-electron chi connectivity index (χ0n) is 9.77. The summed E-state index contributed by atoms with van der Waals surface area (Å²) in [6, 6.07) is 12.3. The smallest absolute Gasteiger partial charge is 0.199 e. The van der Waals surface area contributed by atoms with Gasteiger partial charge in [0.15, 0.2) is 5.79 Å². The maximum absolute atomic E-state index is 2.19. The van der Waals surface area contributed by atoms with Crippen LogP contribution in [0.5, 0.6) is 0 Å². The van der Waals surface area contributed by atoms with Crippen molar-refractivity contribution in [1.82, 2.24) is 13.7 Å². The molecule has 0 aliphatic rings. The van der Waals surface area contributed by atoms with Crippen molar-refractivity contribution in [2.75, 3.05) is 0 Å². The highest BCUT2D eigenvalue weighted by Crippen LogP contribution is 2.22. The van der Waals surface area contributed by atoms with E-state index in [0.29, 0.717) is 0 Å². The SMILES string of the molecule is CC(n1cccc1)(n1cccc1)n1cccc1. The third-order valence-electron chi connectivity index (χ3n) is 3.28. The maximum Gasteiger partial charge on any atom is 0.199 e. The van der Waals surface area contributed by atoms with Crippen molar-refractivity contribution in [3.8, 4) is 0 Å². The van der Waals surface area contributed by atoms with Gasteiger partial charge in [-0.2, -0.15) is 0 Å². The monoisotopic (exact) mass is 225 g/mol. The number of nitrogens with zero attached hydrogens (tertiary/aromatic N) is 3. The Bertz CT molecular complexity index is 475. The molecule has 0 spiro atoms. The van der Waals surface area contributed by atoms with E-state index in [1.165, 1.54) is 0 Å². The second-order valence-electron chi connectivity index (χ2n) is 4.24. The molecule has 0 saturated heterocycles. The number of hydrogen-bond acceptors (Lipinski definition) is 0. The first-order valence-corrected chi connectivity index (χ1v) is 5.72. The lowest BCUT2D eigenvalue weighted by atomic mass is 10.3. The summed E-state index contributed by atoms with van der Waals surface area (Å²) in [5, 5.41) is 0. The van der Waals surface area contributed by atoms with E-state index < -0.39 is 0 Å². The van der Waals surface area contributed by atoms with E-state index in [1.807, 2.05) is 36.4 Å². The molecule has 3 aromatic rings. The molecule has 3 rings (SSSR count). The lowest BCUT2D eigenvalue weighted by Crippen LogP contribution is -2.43. The molecule has 3 heterocycles. The Morgan fingerprint density at radius 1 is 0.529 bits per heavy atom. The summed E-state index contributed by atoms with van der Waals surface area (Å²) in [4.78, 5) is 0. The topological polar surface area (TPSA) is 14.8 Å². The zero-order valence-corrected chi connectivity index (χ0v) is 9.77. The molecular formula is C14H15N3. The van der Waals surface area contributed by atoms with E-state index in [4.69, 9.17) is 0 Å². The molecule has 0 unspecified atom stereocenters. The number of rotatable bonds is 3. The summed E-state index contributed by atoms with van der Waals surface area (Å²) in [5.74, 6) is -0.281. The normalized spacial score (nSPS) is 11.8. The van der Waals surface area contributed by atoms with E-state index >= 15 is 0 Å². The Hall–Kier alpha value is -2.16. The molecule has 0 aliphatic carbocycles. The molecule has 0 bridgehead atoms. The van der Waals surface area contributed by atoms with Gasteiger partial charge in [-0.1, -0.05) is 0 Å². The van der Waals surface area contributed by atoms with Crippen LogP contribution in [0.2, 0.25) is 0 Å². The van der Waals surface area contributed by atoms with Crippen molar-refractivity contribution in [1.29, 1.82) is 0 Å². The van der Waals surface area contributed by atoms with E-state index in [0.717, 1.165) is 0 Å². The third kappa shape index (κ3) is 1.43. The minimum Gasteiger partial charge on any atom is -0.314 e. The summed E-state index contributed by atoms with van der Waals surface area (Å²) < 4.78 is 6.56. The molecule has 3 nitrogen and oxygen atoms in total. The van der Waals surface area contributed by atoms with Crippen LogP contribution in [0.1, 0.15) is 6.92 Å². The van der Waals surface area contributed by atoms with Crippen LogP contribution in [0, 0.1) is 0 Å². The van der Waals surface area contributed by atoms with Crippen LogP contribution in [0.25, 0.3) is 0 Å². The Morgan fingerprint density at radius 2 is 0.765 bits per heavy atom. The summed E-state index contributed by atoms with van der Waals surface area (Å²) >= 11 is 0. The van der Waals surface area contributed by atoms with Gasteiger partial charge in [0.25, 0.3) is 0 Å². The first-order valence-electron chi connectivity index (χ1n) is 5.72. The van der Waals surface area contributed by atoms with E-state index in [2.05, 4.69) is 57.8 Å². The standard InChI is InChI=1S/C14H15N3/c1-14(15-8-2-3-9-15,16-10-4-5-11-16)17-12-6-7-13-17/h2-13H,1H3. The number of hydrogen-bond donors (Lipinski definition) is 0. The summed E-state index contributed by atoms with van der Waals surface area (Å²) in [5.41, 5.74) is 0. The van der Waals surface area contributed by atoms with Gasteiger partial charge in [-0.15, -0.1) is 0 Å². The highest BCUT2D eigenvalue weighted by molar-refractivity contribution is 5.06. The predicted molar refractivity (Wildman–Crippen MR) is 67.7 cm³/mol. The quantitative estimate of drug-likeness (QED) is 0.651. The van der Waals surface area contributed by atoms with Gasteiger partial charge in [0, 0.05) is 37.2 Å². The van der Waals surface area contributed by atoms with Crippen molar-refractivity contribution in [3.05, 3.63) is 73.6 Å². The molecule has 86 valence electrons. The van der Waals surface area contributed by atoms with Gasteiger partial charge in [-0.05, 0) is 43.3 Å². The van der Waals surface area contributed by atoms with Crippen LogP contribution in [-0.2, 0) is 5.79 Å². The minimum atomic E-state index is -0.281. The van der Waals surface area contributed by atoms with Crippen LogP contribution in [0.15, 0.2) is 73.6 Å². The fourth-order valence-electron chi connectivity index (χ4n) is 2.25. The van der Waals surface area contributed by atoms with Crippen LogP contribution in [0.3, 0.4) is 0 Å². The molecule has 0 saturated carbocycles. The lowest BCUT2D eigenvalue weighted by molar-refractivity contribution is 0.206. The van der Waals surface area contributed by atoms with Crippen molar-refractivity contribution in [3.63, 3.8) is 0 Å². The maximum atomic E-state index is 2.19. The Labute approximate surface area is 101 Å². The molecule has 17 heavy (non-hydrogen) atoms. The van der Waals surface area contributed by atoms with Gasteiger partial charge < -0.3 is 13.7 Å². The first-order chi connectivity index (χ1) is 8.32. The molecule has 0 atom stereocenters. The molecular weight excluding hydrogens is 210 g/mol. The highest BCUT2D eigenvalue weighted by Gasteiger charge is 2.27. The van der Waals surface area contributed by atoms with Crippen molar-refractivity contribution < 1.29 is 0 Å². The fourth-order valence-corrected chi connectivity index (χ4v) is 2.25. The second-order valence-corrected chi connectivity index (χ2v) is 4.24. The molecule has 0 N–H and O–H groups in total. The Kier molecular flexibility index (Phi) is 2.18. The van der Waals surface area contributed by atoms with Gasteiger partial charge in [0.2, 0.25) is 0 Å². The fraction of sp³-hybridized carbons (Fsp3) is 0.143. The van der Waals surface area contributed by atoms with E-state index in [1.54, 1.807) is 0 Å². The molecule has 0 fully saturated rings. The largest absolute Gasteiger partial charge is 0.314 e. The van der Waals surface area contributed by atoms with E-state index in [-0.39, 0.29) is 5.79 Å². The first kappa shape index (κ1) is 10.0. The molecule has 0 amide bonds. The molecule has 0 radical (unpaired) electrons. The summed E-state index contributed by atoms with van der Waals surface area (Å²) in [6.45, 7) is 2.19. The summed E-state index contributed by atoms with van der Waals surface area (Å²) in [7, 11) is 0.